The lowest BCUT2D eigenvalue weighted by Gasteiger charge is -2.21. The molecule has 48 heavy (non-hydrogen) atoms. The van der Waals surface area contributed by atoms with Crippen LogP contribution in [-0.4, -0.2) is 14.8 Å². The van der Waals surface area contributed by atoms with Gasteiger partial charge >= 0.3 is 0 Å². The first-order valence-electron chi connectivity index (χ1n) is 17.2. The van der Waals surface area contributed by atoms with E-state index < -0.39 is 0 Å². The second-order valence-corrected chi connectivity index (χ2v) is 13.8. The zero-order chi connectivity index (χ0) is 31.1. The summed E-state index contributed by atoms with van der Waals surface area (Å²) in [5.41, 5.74) is 13.0. The van der Waals surface area contributed by atoms with Crippen molar-refractivity contribution in [3.63, 3.8) is 0 Å². The Kier molecular flexibility index (Phi) is 4.67. The first-order chi connectivity index (χ1) is 23.8. The Morgan fingerprint density at radius 2 is 1.27 bits per heavy atom. The van der Waals surface area contributed by atoms with Crippen molar-refractivity contribution in [1.82, 2.24) is 8.97 Å². The van der Waals surface area contributed by atoms with Gasteiger partial charge in [0.1, 0.15) is 5.84 Å². The van der Waals surface area contributed by atoms with Gasteiger partial charge < -0.3 is 4.40 Å². The van der Waals surface area contributed by atoms with Crippen LogP contribution in [0.2, 0.25) is 0 Å². The number of para-hydroxylation sites is 2. The third-order valence-electron chi connectivity index (χ3n) is 11.4. The zero-order valence-electron chi connectivity index (χ0n) is 26.2. The summed E-state index contributed by atoms with van der Waals surface area (Å²) in [6.07, 6.45) is 3.12. The lowest BCUT2D eigenvalue weighted by Crippen LogP contribution is -2.14. The summed E-state index contributed by atoms with van der Waals surface area (Å²) in [6.45, 7) is 0. The van der Waals surface area contributed by atoms with Crippen LogP contribution in [0.1, 0.15) is 36.3 Å². The normalized spacial score (nSPS) is 16.0. The summed E-state index contributed by atoms with van der Waals surface area (Å²) in [5, 5.41) is 10.4. The quantitative estimate of drug-likeness (QED) is 0.163. The molecule has 4 heterocycles. The lowest BCUT2D eigenvalue weighted by atomic mass is 9.89. The van der Waals surface area contributed by atoms with E-state index in [1.165, 1.54) is 92.9 Å². The van der Waals surface area contributed by atoms with Gasteiger partial charge in [0.2, 0.25) is 0 Å². The van der Waals surface area contributed by atoms with Crippen molar-refractivity contribution in [2.45, 2.75) is 25.2 Å². The minimum Gasteiger partial charge on any atom is -0.308 e. The molecule has 0 bridgehead atoms. The van der Waals surface area contributed by atoms with Crippen LogP contribution in [0.3, 0.4) is 0 Å². The predicted octanol–water partition coefficient (Wildman–Crippen LogP) is 12.0. The molecule has 3 aromatic heterocycles. The molecule has 3 nitrogen and oxygen atoms in total. The maximum atomic E-state index is 5.67. The zero-order valence-corrected chi connectivity index (χ0v) is 26.2. The minimum atomic E-state index is 0.405. The molecule has 10 aromatic rings. The summed E-state index contributed by atoms with van der Waals surface area (Å²) < 4.78 is 5.03. The average molecular weight is 612 g/mol. The van der Waals surface area contributed by atoms with Crippen LogP contribution in [0.15, 0.2) is 138 Å². The third kappa shape index (κ3) is 3.03. The van der Waals surface area contributed by atoms with Gasteiger partial charge in [-0.15, -0.1) is 0 Å². The summed E-state index contributed by atoms with van der Waals surface area (Å²) >= 11 is 0. The Labute approximate surface area is 276 Å². The fraction of sp³-hybridized carbons (Fsp3) is 0.0889. The highest BCUT2D eigenvalue weighted by atomic mass is 15.1. The second kappa shape index (κ2) is 8.90. The molecule has 1 aliphatic heterocycles. The van der Waals surface area contributed by atoms with Crippen LogP contribution in [-0.2, 0) is 0 Å². The molecule has 7 aromatic carbocycles. The van der Waals surface area contributed by atoms with Gasteiger partial charge in [0, 0.05) is 44.7 Å². The molecule has 224 valence electrons. The predicted molar refractivity (Wildman–Crippen MR) is 202 cm³/mol. The van der Waals surface area contributed by atoms with Crippen molar-refractivity contribution in [2.24, 2.45) is 4.99 Å². The molecular weight excluding hydrogens is 583 g/mol. The SMILES string of the molecule is c1ccc2c(c1)-c1cccc3c1C2CCCC(n1c2cc4ccccc4cc2c2c4c5ccccc5n5c6ccccc6c(cc21)c45)=N3. The average Bonchev–Trinajstić information content (AvgIpc) is 3.83. The molecule has 3 heteroatoms. The third-order valence-corrected chi connectivity index (χ3v) is 11.4. The molecule has 1 atom stereocenters. The van der Waals surface area contributed by atoms with Crippen LogP contribution in [0, 0.1) is 0 Å². The highest BCUT2D eigenvalue weighted by molar-refractivity contribution is 6.37. The van der Waals surface area contributed by atoms with Crippen molar-refractivity contribution >= 4 is 82.2 Å². The molecule has 0 radical (unpaired) electrons. The summed E-state index contributed by atoms with van der Waals surface area (Å²) in [7, 11) is 0. The van der Waals surface area contributed by atoms with E-state index in [0.717, 1.165) is 30.8 Å². The lowest BCUT2D eigenvalue weighted by molar-refractivity contribution is 0.680. The van der Waals surface area contributed by atoms with Crippen molar-refractivity contribution in [3.8, 4) is 11.1 Å². The van der Waals surface area contributed by atoms with Gasteiger partial charge in [0.25, 0.3) is 0 Å². The molecular formula is C45H29N3. The van der Waals surface area contributed by atoms with Crippen molar-refractivity contribution < 1.29 is 0 Å². The molecule has 12 rings (SSSR count). The van der Waals surface area contributed by atoms with E-state index in [4.69, 9.17) is 4.99 Å². The van der Waals surface area contributed by atoms with Crippen LogP contribution in [0.5, 0.6) is 0 Å². The van der Waals surface area contributed by atoms with Crippen molar-refractivity contribution in [3.05, 3.63) is 145 Å². The van der Waals surface area contributed by atoms with Crippen LogP contribution in [0.25, 0.3) is 81.8 Å². The summed E-state index contributed by atoms with van der Waals surface area (Å²) in [5.74, 6) is 1.54. The molecule has 0 saturated heterocycles. The smallest absolute Gasteiger partial charge is 0.114 e. The van der Waals surface area contributed by atoms with E-state index in [9.17, 15) is 0 Å². The van der Waals surface area contributed by atoms with E-state index in [-0.39, 0.29) is 0 Å². The minimum absolute atomic E-state index is 0.405. The second-order valence-electron chi connectivity index (χ2n) is 13.8. The van der Waals surface area contributed by atoms with Crippen molar-refractivity contribution in [1.29, 1.82) is 0 Å². The van der Waals surface area contributed by atoms with Gasteiger partial charge in [-0.1, -0.05) is 97.1 Å². The Morgan fingerprint density at radius 3 is 2.17 bits per heavy atom. The molecule has 0 N–H and O–H groups in total. The van der Waals surface area contributed by atoms with Gasteiger partial charge in [-0.25, -0.2) is 4.99 Å². The van der Waals surface area contributed by atoms with Crippen LogP contribution >= 0.6 is 0 Å². The number of benzene rings is 7. The van der Waals surface area contributed by atoms with Crippen LogP contribution < -0.4 is 0 Å². The molecule has 1 aliphatic carbocycles. The summed E-state index contributed by atoms with van der Waals surface area (Å²) in [4.78, 5) is 5.67. The van der Waals surface area contributed by atoms with E-state index in [1.807, 2.05) is 0 Å². The van der Waals surface area contributed by atoms with Gasteiger partial charge in [-0.05, 0) is 82.3 Å². The maximum Gasteiger partial charge on any atom is 0.114 e. The Hall–Kier alpha value is -5.93. The van der Waals surface area contributed by atoms with Crippen molar-refractivity contribution in [2.75, 3.05) is 0 Å². The Balaban J connectivity index is 1.27. The Bertz CT molecular complexity index is 3040. The number of hydrogen-bond donors (Lipinski definition) is 0. The van der Waals surface area contributed by atoms with Gasteiger partial charge in [0.15, 0.2) is 0 Å². The largest absolute Gasteiger partial charge is 0.308 e. The fourth-order valence-corrected chi connectivity index (χ4v) is 9.55. The molecule has 0 spiro atoms. The monoisotopic (exact) mass is 611 g/mol. The van der Waals surface area contributed by atoms with Gasteiger partial charge in [-0.2, -0.15) is 0 Å². The van der Waals surface area contributed by atoms with E-state index in [1.54, 1.807) is 0 Å². The number of rotatable bonds is 0. The number of aromatic nitrogens is 2. The van der Waals surface area contributed by atoms with E-state index in [0.29, 0.717) is 5.92 Å². The molecule has 1 unspecified atom stereocenters. The highest BCUT2D eigenvalue weighted by Gasteiger charge is 2.32. The van der Waals surface area contributed by atoms with E-state index >= 15 is 0 Å². The summed E-state index contributed by atoms with van der Waals surface area (Å²) in [6, 6.07) is 49.7. The number of nitrogens with zero attached hydrogens (tertiary/aromatic N) is 3. The van der Waals surface area contributed by atoms with E-state index in [2.05, 4.69) is 142 Å². The molecule has 2 aliphatic rings. The van der Waals surface area contributed by atoms with Gasteiger partial charge in [0.05, 0.1) is 33.3 Å². The van der Waals surface area contributed by atoms with Crippen LogP contribution in [0.4, 0.5) is 5.69 Å². The first kappa shape index (κ1) is 25.2. The standard InChI is InChI=1S/C45H29N3/c1-2-12-27-24-39-35(23-26(27)11-1)43-40(25-34-30-15-5-7-20-37(30)48-38-21-8-6-16-33(38)44(43)45(34)48)47(39)41-22-10-18-32-29-14-4-3-13-28(29)31-17-9-19-36(46-41)42(31)32/h1-9,11-17,19-21,23-25,32H,10,18,22H2. The fourth-order valence-electron chi connectivity index (χ4n) is 9.55. The number of aliphatic imine (C=N–C) groups is 1. The molecule has 0 amide bonds. The first-order valence-corrected chi connectivity index (χ1v) is 17.2. The molecule has 0 fully saturated rings. The number of fused-ring (bicyclic) bond motifs is 14. The highest BCUT2D eigenvalue weighted by Crippen LogP contribution is 2.52. The maximum absolute atomic E-state index is 5.67. The number of hydrogen-bond acceptors (Lipinski definition) is 1. The molecule has 0 saturated carbocycles. The Morgan fingerprint density at radius 1 is 0.542 bits per heavy atom. The van der Waals surface area contributed by atoms with Gasteiger partial charge in [-0.3, -0.25) is 4.57 Å². The topological polar surface area (TPSA) is 21.7 Å².